The molecule has 29 heavy (non-hydrogen) atoms. The molecule has 2 amide bonds. The molecule has 4 rings (SSSR count). The van der Waals surface area contributed by atoms with Crippen molar-refractivity contribution in [2.75, 3.05) is 18.0 Å². The zero-order chi connectivity index (χ0) is 20.5. The molecule has 1 aliphatic heterocycles. The number of furan rings is 1. The number of carbonyl (C=O) groups excluding carboxylic acids is 2. The molecule has 0 aliphatic carbocycles. The summed E-state index contributed by atoms with van der Waals surface area (Å²) >= 11 is 1.43. The molecular weight excluding hydrogens is 390 g/mol. The first-order valence-corrected chi connectivity index (χ1v) is 10.6. The van der Waals surface area contributed by atoms with Crippen molar-refractivity contribution in [1.82, 2.24) is 9.88 Å². The average Bonchev–Trinajstić information content (AvgIpc) is 3.43. The number of nitrogens with zero attached hydrogens (tertiary/aromatic N) is 3. The van der Waals surface area contributed by atoms with Gasteiger partial charge in [-0.15, -0.1) is 0 Å². The van der Waals surface area contributed by atoms with Gasteiger partial charge in [-0.3, -0.25) is 0 Å². The Kier molecular flexibility index (Phi) is 5.27. The van der Waals surface area contributed by atoms with Gasteiger partial charge in [-0.2, -0.15) is 0 Å². The number of thiazole rings is 1. The van der Waals surface area contributed by atoms with Gasteiger partial charge in [0.25, 0.3) is 0 Å². The first kappa shape index (κ1) is 19.4. The van der Waals surface area contributed by atoms with E-state index >= 15 is 0 Å². The predicted octanol–water partition coefficient (Wildman–Crippen LogP) is 4.46. The van der Waals surface area contributed by atoms with Crippen LogP contribution in [0.25, 0.3) is 10.2 Å². The first-order valence-electron chi connectivity index (χ1n) is 9.80. The molecule has 0 radical (unpaired) electrons. The molecule has 8 heteroatoms. The van der Waals surface area contributed by atoms with Crippen molar-refractivity contribution in [1.29, 1.82) is 0 Å². The molecular formula is C21H23N3O4S. The average molecular weight is 413 g/mol. The zero-order valence-electron chi connectivity index (χ0n) is 16.7. The number of urea groups is 1. The van der Waals surface area contributed by atoms with Crippen LogP contribution in [0.5, 0.6) is 0 Å². The summed E-state index contributed by atoms with van der Waals surface area (Å²) in [6.07, 6.45) is 2.49. The van der Waals surface area contributed by atoms with Gasteiger partial charge in [-0.25, -0.2) is 19.5 Å². The highest BCUT2D eigenvalue weighted by Gasteiger charge is 2.42. The fourth-order valence-electron chi connectivity index (χ4n) is 3.31. The Balaban J connectivity index is 1.63. The molecule has 3 heterocycles. The molecule has 1 atom stereocenters. The number of aryl methyl sites for hydroxylation is 2. The maximum atomic E-state index is 12.9. The van der Waals surface area contributed by atoms with Crippen LogP contribution in [0.4, 0.5) is 9.93 Å². The van der Waals surface area contributed by atoms with E-state index in [9.17, 15) is 9.59 Å². The van der Waals surface area contributed by atoms with Crippen molar-refractivity contribution < 1.29 is 18.7 Å². The maximum absolute atomic E-state index is 12.9. The fourth-order valence-corrected chi connectivity index (χ4v) is 4.38. The van der Waals surface area contributed by atoms with Crippen molar-refractivity contribution in [2.45, 2.75) is 39.8 Å². The molecule has 0 spiro atoms. The van der Waals surface area contributed by atoms with Crippen LogP contribution in [-0.4, -0.2) is 41.2 Å². The Morgan fingerprint density at radius 3 is 2.72 bits per heavy atom. The van der Waals surface area contributed by atoms with E-state index < -0.39 is 12.2 Å². The molecule has 0 saturated carbocycles. The number of benzene rings is 1. The third-order valence-electron chi connectivity index (χ3n) is 5.09. The number of rotatable bonds is 6. The predicted molar refractivity (Wildman–Crippen MR) is 111 cm³/mol. The monoisotopic (exact) mass is 413 g/mol. The number of aromatic nitrogens is 1. The van der Waals surface area contributed by atoms with Gasteiger partial charge in [0, 0.05) is 6.54 Å². The molecule has 1 saturated heterocycles. The Morgan fingerprint density at radius 2 is 2.03 bits per heavy atom. The molecule has 1 aromatic carbocycles. The molecule has 152 valence electrons. The maximum Gasteiger partial charge on any atom is 0.376 e. The number of esters is 1. The standard InChI is InChI=1S/C21H23N3O4S/c1-4-13-7-8-15-17(10-13)29-20(22-15)24-18(11-23(6-3)21(24)26)28-19(25)16-9-14(5-2)12-27-16/h7-10,12,18H,4-6,11H2,1-3H3. The molecule has 0 bridgehead atoms. The highest BCUT2D eigenvalue weighted by atomic mass is 32.1. The van der Waals surface area contributed by atoms with Crippen LogP contribution in [0.15, 0.2) is 34.9 Å². The van der Waals surface area contributed by atoms with Crippen molar-refractivity contribution >= 4 is 38.7 Å². The van der Waals surface area contributed by atoms with E-state index in [1.165, 1.54) is 21.8 Å². The van der Waals surface area contributed by atoms with E-state index in [4.69, 9.17) is 9.15 Å². The topological polar surface area (TPSA) is 75.9 Å². The van der Waals surface area contributed by atoms with E-state index in [0.717, 1.165) is 28.6 Å². The number of likely N-dealkylation sites (N-methyl/N-ethyl adjacent to an activating group) is 1. The van der Waals surface area contributed by atoms with Crippen LogP contribution in [0.2, 0.25) is 0 Å². The van der Waals surface area contributed by atoms with E-state index in [1.807, 2.05) is 26.0 Å². The van der Waals surface area contributed by atoms with E-state index in [0.29, 0.717) is 18.2 Å². The molecule has 2 aromatic heterocycles. The lowest BCUT2D eigenvalue weighted by molar-refractivity contribution is 0.0291. The number of amides is 2. The molecule has 7 nitrogen and oxygen atoms in total. The number of ether oxygens (including phenoxy) is 1. The van der Waals surface area contributed by atoms with Crippen molar-refractivity contribution in [3.05, 3.63) is 47.4 Å². The Morgan fingerprint density at radius 1 is 1.24 bits per heavy atom. The number of anilines is 1. The van der Waals surface area contributed by atoms with Crippen molar-refractivity contribution in [3.63, 3.8) is 0 Å². The molecule has 0 N–H and O–H groups in total. The normalized spacial score (nSPS) is 16.8. The summed E-state index contributed by atoms with van der Waals surface area (Å²) in [6, 6.07) is 7.54. The van der Waals surface area contributed by atoms with Gasteiger partial charge in [-0.05, 0) is 49.1 Å². The minimum absolute atomic E-state index is 0.140. The summed E-state index contributed by atoms with van der Waals surface area (Å²) in [6.45, 7) is 6.79. The minimum Gasteiger partial charge on any atom is -0.457 e. The second-order valence-electron chi connectivity index (χ2n) is 6.88. The summed E-state index contributed by atoms with van der Waals surface area (Å²) in [5.74, 6) is -0.444. The minimum atomic E-state index is -0.753. The fraction of sp³-hybridized carbons (Fsp3) is 0.381. The second kappa shape index (κ2) is 7.87. The van der Waals surface area contributed by atoms with Gasteiger partial charge in [0.05, 0.1) is 23.0 Å². The molecule has 1 fully saturated rings. The van der Waals surface area contributed by atoms with Crippen molar-refractivity contribution in [3.8, 4) is 0 Å². The van der Waals surface area contributed by atoms with Gasteiger partial charge in [0.1, 0.15) is 0 Å². The van der Waals surface area contributed by atoms with Crippen LogP contribution in [-0.2, 0) is 17.6 Å². The van der Waals surface area contributed by atoms with E-state index in [2.05, 4.69) is 18.0 Å². The Labute approximate surface area is 172 Å². The largest absolute Gasteiger partial charge is 0.457 e. The van der Waals surface area contributed by atoms with Gasteiger partial charge in [-0.1, -0.05) is 31.3 Å². The van der Waals surface area contributed by atoms with Crippen molar-refractivity contribution in [2.24, 2.45) is 0 Å². The second-order valence-corrected chi connectivity index (χ2v) is 7.89. The van der Waals surface area contributed by atoms with Crippen LogP contribution in [0, 0.1) is 0 Å². The summed E-state index contributed by atoms with van der Waals surface area (Å²) < 4.78 is 12.0. The quantitative estimate of drug-likeness (QED) is 0.558. The number of fused-ring (bicyclic) bond motifs is 1. The number of carbonyl (C=O) groups is 2. The molecule has 1 unspecified atom stereocenters. The Bertz CT molecular complexity index is 1060. The van der Waals surface area contributed by atoms with Gasteiger partial charge in [0.15, 0.2) is 5.13 Å². The lowest BCUT2D eigenvalue weighted by atomic mass is 10.2. The van der Waals surface area contributed by atoms with Crippen LogP contribution in [0.1, 0.15) is 42.5 Å². The lowest BCUT2D eigenvalue weighted by Crippen LogP contribution is -2.37. The Hall–Kier alpha value is -2.87. The van der Waals surface area contributed by atoms with Crippen LogP contribution < -0.4 is 4.90 Å². The molecule has 1 aliphatic rings. The highest BCUT2D eigenvalue weighted by molar-refractivity contribution is 7.22. The lowest BCUT2D eigenvalue weighted by Gasteiger charge is -2.19. The third kappa shape index (κ3) is 3.60. The van der Waals surface area contributed by atoms with Crippen LogP contribution >= 0.6 is 11.3 Å². The smallest absolute Gasteiger partial charge is 0.376 e. The van der Waals surface area contributed by atoms with Gasteiger partial charge < -0.3 is 14.1 Å². The van der Waals surface area contributed by atoms with Gasteiger partial charge in [0.2, 0.25) is 12.0 Å². The summed E-state index contributed by atoms with van der Waals surface area (Å²) in [4.78, 5) is 33.2. The molecule has 3 aromatic rings. The highest BCUT2D eigenvalue weighted by Crippen LogP contribution is 2.34. The van der Waals surface area contributed by atoms with E-state index in [1.54, 1.807) is 17.2 Å². The third-order valence-corrected chi connectivity index (χ3v) is 6.10. The summed E-state index contributed by atoms with van der Waals surface area (Å²) in [7, 11) is 0. The first-order chi connectivity index (χ1) is 14.0. The number of hydrogen-bond acceptors (Lipinski definition) is 6. The van der Waals surface area contributed by atoms with Gasteiger partial charge >= 0.3 is 12.0 Å². The zero-order valence-corrected chi connectivity index (χ0v) is 17.5. The summed E-state index contributed by atoms with van der Waals surface area (Å²) in [5, 5.41) is 0.528. The van der Waals surface area contributed by atoms with E-state index in [-0.39, 0.29) is 11.8 Å². The summed E-state index contributed by atoms with van der Waals surface area (Å²) in [5.41, 5.74) is 2.96. The van der Waals surface area contributed by atoms with Crippen LogP contribution in [0.3, 0.4) is 0 Å². The SMILES string of the molecule is CCc1coc(C(=O)OC2CN(CC)C(=O)N2c2nc3ccc(CC)cc3s2)c1. The number of hydrogen-bond donors (Lipinski definition) is 0.